The molecule has 2 N–H and O–H groups in total. The van der Waals surface area contributed by atoms with E-state index in [-0.39, 0.29) is 6.10 Å². The Labute approximate surface area is 115 Å². The molecule has 0 aliphatic rings. The predicted molar refractivity (Wildman–Crippen MR) is 73.0 cm³/mol. The molecule has 19 heavy (non-hydrogen) atoms. The molecule has 0 saturated carbocycles. The van der Waals surface area contributed by atoms with E-state index in [0.717, 1.165) is 0 Å². The molecule has 0 fully saturated rings. The summed E-state index contributed by atoms with van der Waals surface area (Å²) in [5.41, 5.74) is 0. The third-order valence-electron chi connectivity index (χ3n) is 2.05. The van der Waals surface area contributed by atoms with Crippen molar-refractivity contribution < 1.29 is 24.4 Å². The Morgan fingerprint density at radius 1 is 1.16 bits per heavy atom. The predicted octanol–water partition coefficient (Wildman–Crippen LogP) is 1.30. The summed E-state index contributed by atoms with van der Waals surface area (Å²) in [6.07, 6.45) is 2.56. The number of rotatable bonds is 10. The lowest BCUT2D eigenvalue weighted by Crippen LogP contribution is -2.32. The van der Waals surface area contributed by atoms with Crippen molar-refractivity contribution in [3.05, 3.63) is 0 Å². The van der Waals surface area contributed by atoms with Crippen LogP contribution >= 0.6 is 0 Å². The van der Waals surface area contributed by atoms with Gasteiger partial charge in [-0.3, -0.25) is 4.99 Å². The first-order valence-corrected chi connectivity index (χ1v) is 6.38. The monoisotopic (exact) mass is 277 g/mol. The standard InChI is InChI=1S/C13H27NO5/c1-12(2,15)18-9-7-11(19-13(3,4)16)6-8-14-10-17-5/h8,11,15-16H,6-7,9-10H2,1-5H3. The van der Waals surface area contributed by atoms with Crippen molar-refractivity contribution in [2.24, 2.45) is 4.99 Å². The zero-order chi connectivity index (χ0) is 14.9. The molecule has 0 aromatic heterocycles. The van der Waals surface area contributed by atoms with Crippen LogP contribution in [0.3, 0.4) is 0 Å². The largest absolute Gasteiger partial charge is 0.366 e. The molecule has 0 heterocycles. The van der Waals surface area contributed by atoms with Crippen molar-refractivity contribution in [2.45, 2.75) is 58.2 Å². The number of hydrogen-bond donors (Lipinski definition) is 2. The topological polar surface area (TPSA) is 80.5 Å². The molecule has 0 spiro atoms. The van der Waals surface area contributed by atoms with E-state index in [1.165, 1.54) is 0 Å². The molecule has 1 unspecified atom stereocenters. The number of ether oxygens (including phenoxy) is 3. The van der Waals surface area contributed by atoms with Crippen LogP contribution in [0.5, 0.6) is 0 Å². The van der Waals surface area contributed by atoms with Gasteiger partial charge in [0, 0.05) is 19.7 Å². The van der Waals surface area contributed by atoms with E-state index < -0.39 is 11.6 Å². The van der Waals surface area contributed by atoms with Gasteiger partial charge in [0.05, 0.1) is 12.7 Å². The van der Waals surface area contributed by atoms with Crippen LogP contribution in [0.25, 0.3) is 0 Å². The van der Waals surface area contributed by atoms with Crippen LogP contribution in [-0.2, 0) is 14.2 Å². The second-order valence-electron chi connectivity index (χ2n) is 5.29. The van der Waals surface area contributed by atoms with Gasteiger partial charge in [-0.15, -0.1) is 0 Å². The Morgan fingerprint density at radius 2 is 1.79 bits per heavy atom. The highest BCUT2D eigenvalue weighted by atomic mass is 16.6. The molecule has 0 aromatic rings. The molecule has 0 aliphatic carbocycles. The van der Waals surface area contributed by atoms with Crippen LogP contribution in [0, 0.1) is 0 Å². The Morgan fingerprint density at radius 3 is 2.26 bits per heavy atom. The molecule has 6 nitrogen and oxygen atoms in total. The van der Waals surface area contributed by atoms with E-state index in [4.69, 9.17) is 14.2 Å². The molecule has 0 radical (unpaired) electrons. The SMILES string of the molecule is COCN=CCC(CCOC(C)(C)O)OC(C)(C)O. The maximum Gasteiger partial charge on any atom is 0.160 e. The summed E-state index contributed by atoms with van der Waals surface area (Å²) in [5.74, 6) is -2.38. The van der Waals surface area contributed by atoms with E-state index in [1.807, 2.05) is 0 Å². The maximum atomic E-state index is 9.67. The van der Waals surface area contributed by atoms with Gasteiger partial charge >= 0.3 is 0 Å². The summed E-state index contributed by atoms with van der Waals surface area (Å²) in [5, 5.41) is 19.1. The van der Waals surface area contributed by atoms with Crippen molar-refractivity contribution in [3.8, 4) is 0 Å². The number of aliphatic hydroxyl groups is 2. The van der Waals surface area contributed by atoms with Crippen molar-refractivity contribution in [1.29, 1.82) is 0 Å². The quantitative estimate of drug-likeness (QED) is 0.465. The number of hydrogen-bond acceptors (Lipinski definition) is 6. The van der Waals surface area contributed by atoms with Gasteiger partial charge in [0.25, 0.3) is 0 Å². The van der Waals surface area contributed by atoms with Gasteiger partial charge in [-0.05, 0) is 34.1 Å². The fourth-order valence-electron chi connectivity index (χ4n) is 1.39. The highest BCUT2D eigenvalue weighted by Crippen LogP contribution is 2.14. The number of nitrogens with zero attached hydrogens (tertiary/aromatic N) is 1. The van der Waals surface area contributed by atoms with Crippen molar-refractivity contribution >= 4 is 6.21 Å². The van der Waals surface area contributed by atoms with Gasteiger partial charge in [0.2, 0.25) is 0 Å². The smallest absolute Gasteiger partial charge is 0.160 e. The Kier molecular flexibility index (Phi) is 8.36. The average molecular weight is 277 g/mol. The highest BCUT2D eigenvalue weighted by molar-refractivity contribution is 5.57. The lowest BCUT2D eigenvalue weighted by atomic mass is 10.2. The van der Waals surface area contributed by atoms with Crippen molar-refractivity contribution in [1.82, 2.24) is 0 Å². The van der Waals surface area contributed by atoms with E-state index in [2.05, 4.69) is 4.99 Å². The zero-order valence-corrected chi connectivity index (χ0v) is 12.5. The summed E-state index contributed by atoms with van der Waals surface area (Å²) in [7, 11) is 1.57. The molecule has 0 rings (SSSR count). The minimum Gasteiger partial charge on any atom is -0.366 e. The molecule has 0 bridgehead atoms. The van der Waals surface area contributed by atoms with Crippen LogP contribution < -0.4 is 0 Å². The van der Waals surface area contributed by atoms with Crippen LogP contribution in [0.1, 0.15) is 40.5 Å². The third kappa shape index (κ3) is 13.7. The second kappa shape index (κ2) is 8.60. The Hall–Kier alpha value is -0.530. The molecular formula is C13H27NO5. The molecule has 114 valence electrons. The van der Waals surface area contributed by atoms with Crippen LogP contribution in [-0.4, -0.2) is 54.6 Å². The van der Waals surface area contributed by atoms with Crippen LogP contribution in [0.4, 0.5) is 0 Å². The maximum absolute atomic E-state index is 9.67. The van der Waals surface area contributed by atoms with E-state index in [0.29, 0.717) is 26.2 Å². The summed E-state index contributed by atoms with van der Waals surface area (Å²) < 4.78 is 15.5. The van der Waals surface area contributed by atoms with E-state index in [1.54, 1.807) is 41.0 Å². The molecular weight excluding hydrogens is 250 g/mol. The highest BCUT2D eigenvalue weighted by Gasteiger charge is 2.21. The van der Waals surface area contributed by atoms with Gasteiger partial charge in [-0.1, -0.05) is 0 Å². The molecule has 0 amide bonds. The van der Waals surface area contributed by atoms with Crippen molar-refractivity contribution in [3.63, 3.8) is 0 Å². The van der Waals surface area contributed by atoms with Crippen LogP contribution in [0.15, 0.2) is 4.99 Å². The van der Waals surface area contributed by atoms with Gasteiger partial charge in [-0.25, -0.2) is 0 Å². The first kappa shape index (κ1) is 18.5. The van der Waals surface area contributed by atoms with Crippen LogP contribution in [0.2, 0.25) is 0 Å². The molecule has 0 saturated heterocycles. The average Bonchev–Trinajstić information content (AvgIpc) is 2.20. The van der Waals surface area contributed by atoms with Gasteiger partial charge < -0.3 is 24.4 Å². The van der Waals surface area contributed by atoms with E-state index >= 15 is 0 Å². The lowest BCUT2D eigenvalue weighted by Gasteiger charge is -2.26. The Balaban J connectivity index is 4.18. The first-order chi connectivity index (χ1) is 8.64. The number of aliphatic imine (C=N–C) groups is 1. The fourth-order valence-corrected chi connectivity index (χ4v) is 1.39. The van der Waals surface area contributed by atoms with Gasteiger partial charge in [0.1, 0.15) is 6.73 Å². The van der Waals surface area contributed by atoms with Gasteiger partial charge in [0.15, 0.2) is 11.6 Å². The first-order valence-electron chi connectivity index (χ1n) is 6.38. The third-order valence-corrected chi connectivity index (χ3v) is 2.05. The van der Waals surface area contributed by atoms with E-state index in [9.17, 15) is 10.2 Å². The summed E-state index contributed by atoms with van der Waals surface area (Å²) >= 11 is 0. The molecule has 0 aromatic carbocycles. The molecule has 6 heteroatoms. The normalized spacial score (nSPS) is 15.1. The lowest BCUT2D eigenvalue weighted by molar-refractivity contribution is -0.216. The second-order valence-corrected chi connectivity index (χ2v) is 5.29. The zero-order valence-electron chi connectivity index (χ0n) is 12.5. The number of methoxy groups -OCH3 is 1. The summed E-state index contributed by atoms with van der Waals surface area (Å²) in [6, 6.07) is 0. The summed E-state index contributed by atoms with van der Waals surface area (Å²) in [6.45, 7) is 6.92. The molecule has 0 aliphatic heterocycles. The molecule has 1 atom stereocenters. The fraction of sp³-hybridized carbons (Fsp3) is 0.923. The minimum atomic E-state index is -1.21. The minimum absolute atomic E-state index is 0.233. The Bertz CT molecular complexity index is 255. The van der Waals surface area contributed by atoms with Gasteiger partial charge in [-0.2, -0.15) is 0 Å². The van der Waals surface area contributed by atoms with Crippen molar-refractivity contribution in [2.75, 3.05) is 20.4 Å². The summed E-state index contributed by atoms with van der Waals surface area (Å²) in [4.78, 5) is 4.02.